The second-order valence-electron chi connectivity index (χ2n) is 6.96. The van der Waals surface area contributed by atoms with E-state index < -0.39 is 16.1 Å². The van der Waals surface area contributed by atoms with Gasteiger partial charge in [0.15, 0.2) is 0 Å². The van der Waals surface area contributed by atoms with Gasteiger partial charge in [0.25, 0.3) is 0 Å². The van der Waals surface area contributed by atoms with E-state index in [0.29, 0.717) is 18.0 Å². The van der Waals surface area contributed by atoms with Gasteiger partial charge in [-0.25, -0.2) is 8.42 Å². The predicted octanol–water partition coefficient (Wildman–Crippen LogP) is 3.29. The van der Waals surface area contributed by atoms with Crippen LogP contribution in [-0.4, -0.2) is 33.7 Å². The van der Waals surface area contributed by atoms with Crippen LogP contribution in [-0.2, 0) is 34.2 Å². The minimum absolute atomic E-state index is 0.352. The van der Waals surface area contributed by atoms with Crippen LogP contribution < -0.4 is 14.4 Å². The summed E-state index contributed by atoms with van der Waals surface area (Å²) in [5.74, 6) is 0.261. The molecule has 1 N–H and O–H groups in total. The molecular formula is C22H30N2O4S. The summed E-state index contributed by atoms with van der Waals surface area (Å²) >= 11 is 0. The number of benzene rings is 2. The Labute approximate surface area is 173 Å². The predicted molar refractivity (Wildman–Crippen MR) is 117 cm³/mol. The topological polar surface area (TPSA) is 75.7 Å². The lowest BCUT2D eigenvalue weighted by molar-refractivity contribution is -0.122. The summed E-state index contributed by atoms with van der Waals surface area (Å²) < 4.78 is 31.1. The SMILES string of the molecule is CCc1ccc(CC)c(CNC(=O)C(C)N(c2ccc(OC)cc2)S(C)(=O)=O)c1. The van der Waals surface area contributed by atoms with Gasteiger partial charge in [0.2, 0.25) is 15.9 Å². The molecule has 6 nitrogen and oxygen atoms in total. The average Bonchev–Trinajstić information content (AvgIpc) is 2.71. The first-order valence-corrected chi connectivity index (χ1v) is 11.6. The number of anilines is 1. The summed E-state index contributed by atoms with van der Waals surface area (Å²) in [5.41, 5.74) is 3.85. The van der Waals surface area contributed by atoms with E-state index in [1.807, 2.05) is 0 Å². The van der Waals surface area contributed by atoms with Crippen LogP contribution in [0.3, 0.4) is 0 Å². The smallest absolute Gasteiger partial charge is 0.243 e. The summed E-state index contributed by atoms with van der Waals surface area (Å²) in [6, 6.07) is 12.0. The quantitative estimate of drug-likeness (QED) is 0.678. The lowest BCUT2D eigenvalue weighted by Gasteiger charge is -2.28. The van der Waals surface area contributed by atoms with Gasteiger partial charge < -0.3 is 10.1 Å². The molecule has 0 bridgehead atoms. The Morgan fingerprint density at radius 1 is 1.07 bits per heavy atom. The van der Waals surface area contributed by atoms with Crippen molar-refractivity contribution in [3.8, 4) is 5.75 Å². The normalized spacial score (nSPS) is 12.3. The molecule has 0 spiro atoms. The Morgan fingerprint density at radius 3 is 2.24 bits per heavy atom. The molecule has 2 rings (SSSR count). The van der Waals surface area contributed by atoms with Crippen molar-refractivity contribution >= 4 is 21.6 Å². The molecule has 2 aromatic carbocycles. The Morgan fingerprint density at radius 2 is 1.72 bits per heavy atom. The highest BCUT2D eigenvalue weighted by Crippen LogP contribution is 2.24. The maximum atomic E-state index is 12.8. The van der Waals surface area contributed by atoms with E-state index in [9.17, 15) is 13.2 Å². The zero-order valence-corrected chi connectivity index (χ0v) is 18.5. The second kappa shape index (κ2) is 9.78. The third-order valence-corrected chi connectivity index (χ3v) is 6.17. The molecule has 7 heteroatoms. The molecule has 0 aromatic heterocycles. The van der Waals surface area contributed by atoms with Gasteiger partial charge in [-0.15, -0.1) is 0 Å². The maximum Gasteiger partial charge on any atom is 0.243 e. The third kappa shape index (κ3) is 5.73. The van der Waals surface area contributed by atoms with Crippen LogP contribution in [0.15, 0.2) is 42.5 Å². The fourth-order valence-corrected chi connectivity index (χ4v) is 4.45. The first-order valence-electron chi connectivity index (χ1n) is 9.73. The number of rotatable bonds is 9. The number of nitrogens with zero attached hydrogens (tertiary/aromatic N) is 1. The van der Waals surface area contributed by atoms with Crippen molar-refractivity contribution in [3.05, 3.63) is 59.2 Å². The van der Waals surface area contributed by atoms with Gasteiger partial charge in [-0.05, 0) is 60.7 Å². The summed E-state index contributed by atoms with van der Waals surface area (Å²) in [6.07, 6.45) is 2.88. The van der Waals surface area contributed by atoms with Crippen LogP contribution in [0.5, 0.6) is 5.75 Å². The number of carbonyl (C=O) groups excluding carboxylic acids is 1. The Hall–Kier alpha value is -2.54. The number of nitrogens with one attached hydrogen (secondary N) is 1. The minimum atomic E-state index is -3.66. The Bertz CT molecular complexity index is 940. The maximum absolute atomic E-state index is 12.8. The van der Waals surface area contributed by atoms with Crippen molar-refractivity contribution in [1.29, 1.82) is 0 Å². The van der Waals surface area contributed by atoms with Crippen molar-refractivity contribution in [3.63, 3.8) is 0 Å². The molecule has 29 heavy (non-hydrogen) atoms. The van der Waals surface area contributed by atoms with Crippen molar-refractivity contribution < 1.29 is 17.9 Å². The van der Waals surface area contributed by atoms with Crippen LogP contribution in [0.2, 0.25) is 0 Å². The first kappa shape index (κ1) is 22.7. The van der Waals surface area contributed by atoms with Gasteiger partial charge in [-0.1, -0.05) is 32.0 Å². The molecule has 0 aliphatic rings. The molecule has 2 aromatic rings. The van der Waals surface area contributed by atoms with Gasteiger partial charge >= 0.3 is 0 Å². The molecule has 0 aliphatic heterocycles. The Kier molecular flexibility index (Phi) is 7.67. The van der Waals surface area contributed by atoms with E-state index in [4.69, 9.17) is 4.74 Å². The van der Waals surface area contributed by atoms with Crippen LogP contribution >= 0.6 is 0 Å². The number of aryl methyl sites for hydroxylation is 2. The van der Waals surface area contributed by atoms with E-state index in [2.05, 4.69) is 37.4 Å². The summed E-state index contributed by atoms with van der Waals surface area (Å²) in [5, 5.41) is 2.90. The number of carbonyl (C=O) groups is 1. The highest BCUT2D eigenvalue weighted by Gasteiger charge is 2.29. The zero-order chi connectivity index (χ0) is 21.6. The van der Waals surface area contributed by atoms with E-state index >= 15 is 0 Å². The van der Waals surface area contributed by atoms with Gasteiger partial charge in [0.1, 0.15) is 11.8 Å². The van der Waals surface area contributed by atoms with Crippen molar-refractivity contribution in [2.75, 3.05) is 17.7 Å². The molecular weight excluding hydrogens is 388 g/mol. The standard InChI is InChI=1S/C22H30N2O4S/c1-6-17-8-9-18(7-2)19(14-17)15-23-22(25)16(3)24(29(5,26)27)20-10-12-21(28-4)13-11-20/h8-14,16H,6-7,15H2,1-5H3,(H,23,25). The molecule has 1 unspecified atom stereocenters. The van der Waals surface area contributed by atoms with Crippen LogP contribution in [0.1, 0.15) is 37.5 Å². The van der Waals surface area contributed by atoms with Crippen LogP contribution in [0, 0.1) is 0 Å². The lowest BCUT2D eigenvalue weighted by Crippen LogP contribution is -2.47. The molecule has 1 amide bonds. The third-order valence-electron chi connectivity index (χ3n) is 4.93. The van der Waals surface area contributed by atoms with Gasteiger partial charge in [-0.2, -0.15) is 0 Å². The number of methoxy groups -OCH3 is 1. The fraction of sp³-hybridized carbons (Fsp3) is 0.409. The second-order valence-corrected chi connectivity index (χ2v) is 8.82. The molecule has 0 heterocycles. The lowest BCUT2D eigenvalue weighted by atomic mass is 10.0. The van der Waals surface area contributed by atoms with Crippen molar-refractivity contribution in [2.24, 2.45) is 0 Å². The van der Waals surface area contributed by atoms with Crippen LogP contribution in [0.25, 0.3) is 0 Å². The zero-order valence-electron chi connectivity index (χ0n) is 17.7. The number of hydrogen-bond donors (Lipinski definition) is 1. The average molecular weight is 419 g/mol. The molecule has 1 atom stereocenters. The summed E-state index contributed by atoms with van der Waals surface area (Å²) in [4.78, 5) is 12.8. The summed E-state index contributed by atoms with van der Waals surface area (Å²) in [6.45, 7) is 6.11. The minimum Gasteiger partial charge on any atom is -0.497 e. The van der Waals surface area contributed by atoms with Gasteiger partial charge in [0, 0.05) is 6.54 Å². The van der Waals surface area contributed by atoms with Gasteiger partial charge in [0.05, 0.1) is 19.1 Å². The van der Waals surface area contributed by atoms with Crippen molar-refractivity contribution in [2.45, 2.75) is 46.2 Å². The Balaban J connectivity index is 2.21. The van der Waals surface area contributed by atoms with E-state index in [0.717, 1.165) is 29.0 Å². The van der Waals surface area contributed by atoms with Crippen molar-refractivity contribution in [1.82, 2.24) is 5.32 Å². The largest absolute Gasteiger partial charge is 0.497 e. The molecule has 0 saturated carbocycles. The van der Waals surface area contributed by atoms with E-state index in [1.54, 1.807) is 31.2 Å². The first-order chi connectivity index (χ1) is 13.7. The molecule has 0 radical (unpaired) electrons. The van der Waals surface area contributed by atoms with E-state index in [1.165, 1.54) is 18.2 Å². The highest BCUT2D eigenvalue weighted by molar-refractivity contribution is 7.92. The molecule has 0 aliphatic carbocycles. The molecule has 158 valence electrons. The monoisotopic (exact) mass is 418 g/mol. The number of ether oxygens (including phenoxy) is 1. The highest BCUT2D eigenvalue weighted by atomic mass is 32.2. The number of amides is 1. The number of sulfonamides is 1. The molecule has 0 fully saturated rings. The number of hydrogen-bond acceptors (Lipinski definition) is 4. The van der Waals surface area contributed by atoms with E-state index in [-0.39, 0.29) is 5.91 Å². The van der Waals surface area contributed by atoms with Crippen LogP contribution in [0.4, 0.5) is 5.69 Å². The fourth-order valence-electron chi connectivity index (χ4n) is 3.28. The van der Waals surface area contributed by atoms with Gasteiger partial charge in [-0.3, -0.25) is 9.10 Å². The molecule has 0 saturated heterocycles. The summed E-state index contributed by atoms with van der Waals surface area (Å²) in [7, 11) is -2.12.